The first-order chi connectivity index (χ1) is 7.68. The minimum atomic E-state index is 0.0667. The molecule has 86 valence electrons. The lowest BCUT2D eigenvalue weighted by Crippen LogP contribution is -2.41. The van der Waals surface area contributed by atoms with Crippen molar-refractivity contribution in [1.82, 2.24) is 9.88 Å². The van der Waals surface area contributed by atoms with Crippen molar-refractivity contribution in [1.29, 1.82) is 0 Å². The van der Waals surface area contributed by atoms with Crippen molar-refractivity contribution in [3.05, 3.63) is 29.1 Å². The molecule has 0 unspecified atom stereocenters. The third kappa shape index (κ3) is 2.22. The molecule has 1 aromatic rings. The first-order valence-corrected chi connectivity index (χ1v) is 5.49. The molecule has 2 heterocycles. The van der Waals surface area contributed by atoms with Gasteiger partial charge < -0.3 is 9.64 Å². The Balaban J connectivity index is 2.22. The summed E-state index contributed by atoms with van der Waals surface area (Å²) in [5.74, 6) is 0.0667. The summed E-state index contributed by atoms with van der Waals surface area (Å²) in [5.41, 5.74) is 2.52. The lowest BCUT2D eigenvalue weighted by molar-refractivity contribution is 0.0302. The Bertz CT molecular complexity index is 398. The quantitative estimate of drug-likeness (QED) is 0.713. The summed E-state index contributed by atoms with van der Waals surface area (Å²) >= 11 is 0. The molecule has 1 fully saturated rings. The van der Waals surface area contributed by atoms with Gasteiger partial charge in [0.1, 0.15) is 0 Å². The van der Waals surface area contributed by atoms with Crippen LogP contribution in [0.5, 0.6) is 0 Å². The molecule has 4 heteroatoms. The summed E-state index contributed by atoms with van der Waals surface area (Å²) in [6.45, 7) is 6.42. The van der Waals surface area contributed by atoms with Crippen LogP contribution in [0.1, 0.15) is 21.6 Å². The number of ether oxygens (including phenoxy) is 1. The Kier molecular flexibility index (Phi) is 3.19. The molecule has 1 saturated heterocycles. The van der Waals surface area contributed by atoms with Gasteiger partial charge in [0.25, 0.3) is 5.91 Å². The molecule has 16 heavy (non-hydrogen) atoms. The van der Waals surface area contributed by atoms with E-state index in [2.05, 4.69) is 4.98 Å². The van der Waals surface area contributed by atoms with Crippen molar-refractivity contribution in [2.24, 2.45) is 0 Å². The number of aromatic nitrogens is 1. The van der Waals surface area contributed by atoms with Crippen LogP contribution in [0.3, 0.4) is 0 Å². The van der Waals surface area contributed by atoms with E-state index in [1.807, 2.05) is 24.8 Å². The molecule has 0 aliphatic carbocycles. The summed E-state index contributed by atoms with van der Waals surface area (Å²) in [4.78, 5) is 18.2. The fourth-order valence-electron chi connectivity index (χ4n) is 1.79. The van der Waals surface area contributed by atoms with Crippen molar-refractivity contribution in [2.75, 3.05) is 26.3 Å². The summed E-state index contributed by atoms with van der Waals surface area (Å²) in [6, 6.07) is 1.90. The van der Waals surface area contributed by atoms with Gasteiger partial charge in [-0.1, -0.05) is 0 Å². The Labute approximate surface area is 95.2 Å². The lowest BCUT2D eigenvalue weighted by Gasteiger charge is -2.27. The summed E-state index contributed by atoms with van der Waals surface area (Å²) in [7, 11) is 0. The van der Waals surface area contributed by atoms with Gasteiger partial charge in [0.05, 0.1) is 18.8 Å². The predicted octanol–water partition coefficient (Wildman–Crippen LogP) is 1.17. The first-order valence-electron chi connectivity index (χ1n) is 5.49. The normalized spacial score (nSPS) is 16.2. The third-order valence-electron chi connectivity index (χ3n) is 2.75. The number of pyridine rings is 1. The second kappa shape index (κ2) is 4.61. The van der Waals surface area contributed by atoms with E-state index in [0.717, 1.165) is 11.3 Å². The number of carbonyl (C=O) groups excluding carboxylic acids is 1. The van der Waals surface area contributed by atoms with Crippen molar-refractivity contribution >= 4 is 5.91 Å². The Hall–Kier alpha value is -1.42. The number of aryl methyl sites for hydroxylation is 2. The molecular weight excluding hydrogens is 204 g/mol. The summed E-state index contributed by atoms with van der Waals surface area (Å²) in [5, 5.41) is 0. The largest absolute Gasteiger partial charge is 0.378 e. The average molecular weight is 220 g/mol. The summed E-state index contributed by atoms with van der Waals surface area (Å²) in [6.07, 6.45) is 1.78. The van der Waals surface area contributed by atoms with E-state index in [4.69, 9.17) is 4.74 Å². The van der Waals surface area contributed by atoms with E-state index in [1.165, 1.54) is 0 Å². The molecule has 1 amide bonds. The molecule has 0 radical (unpaired) electrons. The van der Waals surface area contributed by atoms with Gasteiger partial charge >= 0.3 is 0 Å². The standard InChI is InChI=1S/C12H16N2O2/c1-9-7-11(10(2)13-8-9)12(15)14-3-5-16-6-4-14/h7-8H,3-6H2,1-2H3. The molecule has 2 rings (SSSR count). The van der Waals surface area contributed by atoms with Crippen LogP contribution in [0.15, 0.2) is 12.3 Å². The molecular formula is C12H16N2O2. The zero-order valence-electron chi connectivity index (χ0n) is 9.69. The lowest BCUT2D eigenvalue weighted by atomic mass is 10.1. The molecule has 0 saturated carbocycles. The van der Waals surface area contributed by atoms with Gasteiger partial charge in [0.15, 0.2) is 0 Å². The molecule has 1 aliphatic heterocycles. The van der Waals surface area contributed by atoms with Crippen LogP contribution in [0.2, 0.25) is 0 Å². The highest BCUT2D eigenvalue weighted by Gasteiger charge is 2.20. The Morgan fingerprint density at radius 2 is 2.06 bits per heavy atom. The highest BCUT2D eigenvalue weighted by Crippen LogP contribution is 2.12. The number of hydrogen-bond acceptors (Lipinski definition) is 3. The molecule has 0 bridgehead atoms. The van der Waals surface area contributed by atoms with Gasteiger partial charge in [-0.2, -0.15) is 0 Å². The predicted molar refractivity (Wildman–Crippen MR) is 60.4 cm³/mol. The highest BCUT2D eigenvalue weighted by molar-refractivity contribution is 5.95. The van der Waals surface area contributed by atoms with Gasteiger partial charge in [0, 0.05) is 25.0 Å². The number of nitrogens with zero attached hydrogens (tertiary/aromatic N) is 2. The zero-order chi connectivity index (χ0) is 11.5. The molecule has 0 atom stereocenters. The summed E-state index contributed by atoms with van der Waals surface area (Å²) < 4.78 is 5.23. The van der Waals surface area contributed by atoms with Crippen LogP contribution in [0.25, 0.3) is 0 Å². The number of rotatable bonds is 1. The highest BCUT2D eigenvalue weighted by atomic mass is 16.5. The van der Waals surface area contributed by atoms with Crippen LogP contribution < -0.4 is 0 Å². The van der Waals surface area contributed by atoms with Crippen LogP contribution in [-0.2, 0) is 4.74 Å². The number of morpholine rings is 1. The molecule has 0 spiro atoms. The monoisotopic (exact) mass is 220 g/mol. The van der Waals surface area contributed by atoms with E-state index in [-0.39, 0.29) is 5.91 Å². The second-order valence-corrected chi connectivity index (χ2v) is 4.05. The SMILES string of the molecule is Cc1cnc(C)c(C(=O)N2CCOCC2)c1. The van der Waals surface area contributed by atoms with Crippen LogP contribution in [-0.4, -0.2) is 42.1 Å². The fraction of sp³-hybridized carbons (Fsp3) is 0.500. The van der Waals surface area contributed by atoms with Gasteiger partial charge in [-0.05, 0) is 25.5 Å². The second-order valence-electron chi connectivity index (χ2n) is 4.05. The molecule has 1 aromatic heterocycles. The van der Waals surface area contributed by atoms with Crippen LogP contribution in [0, 0.1) is 13.8 Å². The van der Waals surface area contributed by atoms with Crippen molar-refractivity contribution < 1.29 is 9.53 Å². The van der Waals surface area contributed by atoms with Gasteiger partial charge in [-0.25, -0.2) is 0 Å². The van der Waals surface area contributed by atoms with Crippen LogP contribution in [0.4, 0.5) is 0 Å². The Morgan fingerprint density at radius 3 is 2.75 bits per heavy atom. The van der Waals surface area contributed by atoms with E-state index in [1.54, 1.807) is 6.20 Å². The first kappa shape index (κ1) is 11.1. The van der Waals surface area contributed by atoms with Gasteiger partial charge in [-0.15, -0.1) is 0 Å². The maximum Gasteiger partial charge on any atom is 0.255 e. The number of carbonyl (C=O) groups is 1. The number of amides is 1. The average Bonchev–Trinajstić information content (AvgIpc) is 2.32. The molecule has 1 aliphatic rings. The maximum absolute atomic E-state index is 12.2. The van der Waals surface area contributed by atoms with E-state index in [9.17, 15) is 4.79 Å². The molecule has 0 N–H and O–H groups in total. The van der Waals surface area contributed by atoms with Crippen molar-refractivity contribution in [3.63, 3.8) is 0 Å². The number of hydrogen-bond donors (Lipinski definition) is 0. The van der Waals surface area contributed by atoms with Gasteiger partial charge in [-0.3, -0.25) is 9.78 Å². The van der Waals surface area contributed by atoms with Crippen molar-refractivity contribution in [2.45, 2.75) is 13.8 Å². The molecule has 0 aromatic carbocycles. The maximum atomic E-state index is 12.2. The minimum absolute atomic E-state index is 0.0667. The van der Waals surface area contributed by atoms with Crippen molar-refractivity contribution in [3.8, 4) is 0 Å². The van der Waals surface area contributed by atoms with Crippen LogP contribution >= 0.6 is 0 Å². The third-order valence-corrected chi connectivity index (χ3v) is 2.75. The van der Waals surface area contributed by atoms with Gasteiger partial charge in [0.2, 0.25) is 0 Å². The smallest absolute Gasteiger partial charge is 0.255 e. The zero-order valence-corrected chi connectivity index (χ0v) is 9.69. The van der Waals surface area contributed by atoms with E-state index in [0.29, 0.717) is 31.9 Å². The molecule has 4 nitrogen and oxygen atoms in total. The van der Waals surface area contributed by atoms with E-state index >= 15 is 0 Å². The van der Waals surface area contributed by atoms with E-state index < -0.39 is 0 Å². The fourth-order valence-corrected chi connectivity index (χ4v) is 1.79. The Morgan fingerprint density at radius 1 is 1.38 bits per heavy atom. The minimum Gasteiger partial charge on any atom is -0.378 e. The topological polar surface area (TPSA) is 42.4 Å².